The molecule has 0 bridgehead atoms. The minimum Gasteiger partial charge on any atom is -0.489 e. The average Bonchev–Trinajstić information content (AvgIpc) is 3.03. The molecule has 5 heteroatoms. The topological polar surface area (TPSA) is 55.6 Å². The first-order valence-corrected chi connectivity index (χ1v) is 10.1. The Morgan fingerprint density at radius 1 is 1.22 bits per heavy atom. The van der Waals surface area contributed by atoms with E-state index in [0.29, 0.717) is 24.3 Å². The van der Waals surface area contributed by atoms with Crippen molar-refractivity contribution in [2.24, 2.45) is 5.92 Å². The first kappa shape index (κ1) is 18.1. The second-order valence-electron chi connectivity index (χ2n) is 7.87. The van der Waals surface area contributed by atoms with Crippen molar-refractivity contribution in [1.82, 2.24) is 10.1 Å². The van der Waals surface area contributed by atoms with Crippen LogP contribution in [0.3, 0.4) is 0 Å². The van der Waals surface area contributed by atoms with E-state index in [0.717, 1.165) is 42.0 Å². The number of piperidine rings is 1. The molecule has 1 saturated heterocycles. The van der Waals surface area contributed by atoms with Crippen molar-refractivity contribution in [3.63, 3.8) is 0 Å². The number of carbonyl (C=O) groups is 1. The third-order valence-electron chi connectivity index (χ3n) is 6.15. The Bertz CT molecular complexity index is 792. The Balaban J connectivity index is 1.47. The van der Waals surface area contributed by atoms with Crippen LogP contribution in [-0.2, 0) is 6.61 Å². The number of hydrogen-bond donors (Lipinski definition) is 0. The van der Waals surface area contributed by atoms with Gasteiger partial charge in [0.2, 0.25) is 0 Å². The van der Waals surface area contributed by atoms with E-state index in [4.69, 9.17) is 9.26 Å². The van der Waals surface area contributed by atoms with Crippen LogP contribution >= 0.6 is 0 Å². The molecule has 1 aliphatic heterocycles. The van der Waals surface area contributed by atoms with Gasteiger partial charge >= 0.3 is 0 Å². The van der Waals surface area contributed by atoms with E-state index >= 15 is 0 Å². The quantitative estimate of drug-likeness (QED) is 0.787. The van der Waals surface area contributed by atoms with Crippen molar-refractivity contribution >= 4 is 5.91 Å². The molecule has 2 heterocycles. The monoisotopic (exact) mass is 368 g/mol. The zero-order valence-electron chi connectivity index (χ0n) is 16.2. The van der Waals surface area contributed by atoms with Gasteiger partial charge in [-0.05, 0) is 63.6 Å². The van der Waals surface area contributed by atoms with Crippen molar-refractivity contribution in [1.29, 1.82) is 0 Å². The summed E-state index contributed by atoms with van der Waals surface area (Å²) in [5.41, 5.74) is 2.53. The fraction of sp³-hybridized carbons (Fsp3) is 0.545. The molecule has 27 heavy (non-hydrogen) atoms. The van der Waals surface area contributed by atoms with Gasteiger partial charge in [-0.1, -0.05) is 24.1 Å². The summed E-state index contributed by atoms with van der Waals surface area (Å²) in [5, 5.41) is 3.96. The third kappa shape index (κ3) is 3.73. The van der Waals surface area contributed by atoms with Crippen LogP contribution in [0, 0.1) is 19.8 Å². The summed E-state index contributed by atoms with van der Waals surface area (Å²) in [7, 11) is 0. The molecule has 1 aliphatic carbocycles. The van der Waals surface area contributed by atoms with Crippen LogP contribution in [0.25, 0.3) is 0 Å². The molecule has 1 aromatic heterocycles. The van der Waals surface area contributed by atoms with Crippen molar-refractivity contribution in [3.8, 4) is 5.75 Å². The molecule has 0 radical (unpaired) electrons. The lowest BCUT2D eigenvalue weighted by Crippen LogP contribution is -2.49. The van der Waals surface area contributed by atoms with Gasteiger partial charge < -0.3 is 14.2 Å². The lowest BCUT2D eigenvalue weighted by atomic mass is 9.78. The summed E-state index contributed by atoms with van der Waals surface area (Å²) in [6.45, 7) is 5.07. The molecule has 4 rings (SSSR count). The molecule has 1 aromatic carbocycles. The van der Waals surface area contributed by atoms with Crippen LogP contribution in [0.2, 0.25) is 0 Å². The Morgan fingerprint density at radius 2 is 2.04 bits per heavy atom. The van der Waals surface area contributed by atoms with E-state index in [9.17, 15) is 4.79 Å². The Hall–Kier alpha value is -2.30. The van der Waals surface area contributed by atoms with Gasteiger partial charge in [0.15, 0.2) is 0 Å². The van der Waals surface area contributed by atoms with Crippen LogP contribution in [-0.4, -0.2) is 28.6 Å². The number of likely N-dealkylation sites (tertiary alicyclic amines) is 1. The fourth-order valence-electron chi connectivity index (χ4n) is 4.63. The lowest BCUT2D eigenvalue weighted by molar-refractivity contribution is 0.0390. The molecule has 1 amide bonds. The molecule has 0 N–H and O–H groups in total. The number of hydrogen-bond acceptors (Lipinski definition) is 4. The maximum atomic E-state index is 13.2. The number of carbonyl (C=O) groups excluding carboxylic acids is 1. The van der Waals surface area contributed by atoms with E-state index < -0.39 is 0 Å². The molecule has 144 valence electrons. The van der Waals surface area contributed by atoms with E-state index in [-0.39, 0.29) is 5.91 Å². The largest absolute Gasteiger partial charge is 0.489 e. The second-order valence-corrected chi connectivity index (χ2v) is 7.87. The summed E-state index contributed by atoms with van der Waals surface area (Å²) in [4.78, 5) is 15.3. The highest BCUT2D eigenvalue weighted by Gasteiger charge is 2.36. The molecule has 2 fully saturated rings. The first-order chi connectivity index (χ1) is 13.1. The number of aryl methyl sites for hydroxylation is 2. The number of benzene rings is 1. The van der Waals surface area contributed by atoms with E-state index in [1.54, 1.807) is 0 Å². The summed E-state index contributed by atoms with van der Waals surface area (Å²) in [6.07, 6.45) is 7.37. The molecule has 5 nitrogen and oxygen atoms in total. The van der Waals surface area contributed by atoms with Gasteiger partial charge in [0.1, 0.15) is 18.1 Å². The highest BCUT2D eigenvalue weighted by molar-refractivity contribution is 5.95. The predicted molar refractivity (Wildman–Crippen MR) is 103 cm³/mol. The summed E-state index contributed by atoms with van der Waals surface area (Å²) in [5.74, 6) is 2.32. The van der Waals surface area contributed by atoms with E-state index in [2.05, 4.69) is 10.1 Å². The van der Waals surface area contributed by atoms with Crippen molar-refractivity contribution in [3.05, 3.63) is 46.8 Å². The van der Waals surface area contributed by atoms with Gasteiger partial charge in [0.25, 0.3) is 5.91 Å². The zero-order valence-corrected chi connectivity index (χ0v) is 16.2. The van der Waals surface area contributed by atoms with Gasteiger partial charge in [-0.3, -0.25) is 4.79 Å². The number of fused-ring (bicyclic) bond motifs is 1. The number of amides is 1. The third-order valence-corrected chi connectivity index (χ3v) is 6.15. The minimum absolute atomic E-state index is 0.148. The van der Waals surface area contributed by atoms with Crippen molar-refractivity contribution in [2.75, 3.05) is 6.54 Å². The Morgan fingerprint density at radius 3 is 2.85 bits per heavy atom. The molecule has 0 spiro atoms. The van der Waals surface area contributed by atoms with Gasteiger partial charge in [0.05, 0.1) is 11.3 Å². The fourth-order valence-corrected chi connectivity index (χ4v) is 4.63. The van der Waals surface area contributed by atoms with Crippen molar-refractivity contribution < 1.29 is 14.1 Å². The standard InChI is InChI=1S/C22H28N2O3/c1-15-20(16(2)27-23-15)14-26-19-10-5-8-18(13-19)22(25)24-12-6-9-17-7-3-4-11-21(17)24/h5,8,10,13,17,21H,3-4,6-7,9,11-12,14H2,1-2H3/t17-,21-/m1/s1. The molecule has 1 saturated carbocycles. The molecule has 2 aliphatic rings. The number of nitrogens with zero attached hydrogens (tertiary/aromatic N) is 2. The Labute approximate surface area is 160 Å². The zero-order chi connectivity index (χ0) is 18.8. The van der Waals surface area contributed by atoms with Gasteiger partial charge in [0, 0.05) is 18.2 Å². The van der Waals surface area contributed by atoms with Crippen LogP contribution in [0.15, 0.2) is 28.8 Å². The summed E-state index contributed by atoms with van der Waals surface area (Å²) >= 11 is 0. The first-order valence-electron chi connectivity index (χ1n) is 10.1. The number of aromatic nitrogens is 1. The molecular formula is C22H28N2O3. The SMILES string of the molecule is Cc1noc(C)c1COc1cccc(C(=O)N2CCC[C@H]3CCCC[C@H]32)c1. The molecule has 2 aromatic rings. The Kier molecular flexibility index (Phi) is 5.19. The highest BCUT2D eigenvalue weighted by Crippen LogP contribution is 2.36. The van der Waals surface area contributed by atoms with E-state index in [1.165, 1.54) is 25.7 Å². The number of ether oxygens (including phenoxy) is 1. The second kappa shape index (κ2) is 7.75. The molecule has 0 unspecified atom stereocenters. The average molecular weight is 368 g/mol. The minimum atomic E-state index is 0.148. The smallest absolute Gasteiger partial charge is 0.254 e. The maximum absolute atomic E-state index is 13.2. The lowest BCUT2D eigenvalue weighted by Gasteiger charge is -2.44. The molecular weight excluding hydrogens is 340 g/mol. The van der Waals surface area contributed by atoms with Crippen LogP contribution in [0.5, 0.6) is 5.75 Å². The van der Waals surface area contributed by atoms with Gasteiger partial charge in [-0.2, -0.15) is 0 Å². The van der Waals surface area contributed by atoms with Gasteiger partial charge in [-0.25, -0.2) is 0 Å². The number of rotatable bonds is 4. The van der Waals surface area contributed by atoms with Crippen LogP contribution in [0.4, 0.5) is 0 Å². The molecule has 2 atom stereocenters. The highest BCUT2D eigenvalue weighted by atomic mass is 16.5. The van der Waals surface area contributed by atoms with E-state index in [1.807, 2.05) is 38.1 Å². The van der Waals surface area contributed by atoms with Crippen LogP contribution in [0.1, 0.15) is 65.9 Å². The van der Waals surface area contributed by atoms with Crippen LogP contribution < -0.4 is 4.74 Å². The van der Waals surface area contributed by atoms with Gasteiger partial charge in [-0.15, -0.1) is 0 Å². The maximum Gasteiger partial charge on any atom is 0.254 e. The van der Waals surface area contributed by atoms with Crippen molar-refractivity contribution in [2.45, 2.75) is 65.0 Å². The normalized spacial score (nSPS) is 22.4. The summed E-state index contributed by atoms with van der Waals surface area (Å²) < 4.78 is 11.1. The predicted octanol–water partition coefficient (Wildman–Crippen LogP) is 4.67. The summed E-state index contributed by atoms with van der Waals surface area (Å²) in [6, 6.07) is 7.99.